The number of halogens is 3. The number of aryl methyl sites for hydroxylation is 1. The van der Waals surface area contributed by atoms with E-state index in [1.54, 1.807) is 33.4 Å². The van der Waals surface area contributed by atoms with Crippen molar-refractivity contribution in [2.45, 2.75) is 83.1 Å². The van der Waals surface area contributed by atoms with E-state index < -0.39 is 17.7 Å². The van der Waals surface area contributed by atoms with Crippen LogP contribution in [0.1, 0.15) is 77.7 Å². The van der Waals surface area contributed by atoms with Crippen molar-refractivity contribution in [1.29, 1.82) is 0 Å². The van der Waals surface area contributed by atoms with Crippen LogP contribution in [0.4, 0.5) is 19.0 Å². The van der Waals surface area contributed by atoms with Crippen molar-refractivity contribution in [3.8, 4) is 17.5 Å². The predicted octanol–water partition coefficient (Wildman–Crippen LogP) is 7.95. The molecule has 0 saturated carbocycles. The lowest BCUT2D eigenvalue weighted by Gasteiger charge is -2.34. The Hall–Kier alpha value is -4.38. The SMILES string of the molecule is COc1ccc(CN(Cc2ccc(OC)cc2)c2cc(C)c(C(F)(F)F)c([C@@H]3Cc4nc(OCC56CCCN5CCC6)ncc4C[C@H]3C)n2)cc1. The van der Waals surface area contributed by atoms with Crippen LogP contribution in [-0.4, -0.2) is 59.3 Å². The highest BCUT2D eigenvalue weighted by atomic mass is 19.4. The molecular weight excluding hydrogens is 655 g/mol. The lowest BCUT2D eigenvalue weighted by molar-refractivity contribution is -0.139. The van der Waals surface area contributed by atoms with Crippen LogP contribution < -0.4 is 19.1 Å². The summed E-state index contributed by atoms with van der Waals surface area (Å²) in [6.45, 7) is 7.14. The van der Waals surface area contributed by atoms with Crippen LogP contribution in [0.2, 0.25) is 0 Å². The zero-order chi connectivity index (χ0) is 35.8. The Bertz CT molecular complexity index is 1770. The summed E-state index contributed by atoms with van der Waals surface area (Å²) in [5.41, 5.74) is 3.25. The van der Waals surface area contributed by atoms with Crippen molar-refractivity contribution >= 4 is 5.82 Å². The molecule has 2 aromatic carbocycles. The lowest BCUT2D eigenvalue weighted by atomic mass is 9.76. The largest absolute Gasteiger partial charge is 0.497 e. The smallest absolute Gasteiger partial charge is 0.418 e. The summed E-state index contributed by atoms with van der Waals surface area (Å²) >= 11 is 0. The number of hydrogen-bond donors (Lipinski definition) is 0. The molecule has 4 aromatic rings. The number of methoxy groups -OCH3 is 2. The summed E-state index contributed by atoms with van der Waals surface area (Å²) in [5, 5.41) is 0. The van der Waals surface area contributed by atoms with Crippen LogP contribution in [0, 0.1) is 12.8 Å². The van der Waals surface area contributed by atoms with Crippen molar-refractivity contribution in [3.05, 3.63) is 100.0 Å². The minimum absolute atomic E-state index is 0.0450. The second-order valence-electron chi connectivity index (χ2n) is 14.4. The molecule has 8 nitrogen and oxygen atoms in total. The van der Waals surface area contributed by atoms with E-state index in [0.29, 0.717) is 44.4 Å². The maximum absolute atomic E-state index is 14.9. The van der Waals surface area contributed by atoms with Crippen molar-refractivity contribution in [2.75, 3.05) is 38.8 Å². The van der Waals surface area contributed by atoms with Crippen LogP contribution in [0.3, 0.4) is 0 Å². The van der Waals surface area contributed by atoms with E-state index >= 15 is 0 Å². The fraction of sp³-hybridized carbons (Fsp3) is 0.475. The minimum atomic E-state index is -4.57. The van der Waals surface area contributed by atoms with Gasteiger partial charge in [-0.15, -0.1) is 0 Å². The summed E-state index contributed by atoms with van der Waals surface area (Å²) in [6, 6.07) is 17.3. The van der Waals surface area contributed by atoms with Gasteiger partial charge in [-0.2, -0.15) is 18.2 Å². The zero-order valence-corrected chi connectivity index (χ0v) is 29.8. The molecule has 0 amide bonds. The van der Waals surface area contributed by atoms with Crippen molar-refractivity contribution in [1.82, 2.24) is 19.9 Å². The predicted molar refractivity (Wildman–Crippen MR) is 189 cm³/mol. The fourth-order valence-corrected chi connectivity index (χ4v) is 8.36. The number of benzene rings is 2. The van der Waals surface area contributed by atoms with Gasteiger partial charge in [0.1, 0.15) is 23.9 Å². The molecule has 270 valence electrons. The molecule has 2 atom stereocenters. The third kappa shape index (κ3) is 7.36. The number of fused-ring (bicyclic) bond motifs is 2. The van der Waals surface area contributed by atoms with E-state index in [1.165, 1.54) is 12.8 Å². The van der Waals surface area contributed by atoms with E-state index in [0.717, 1.165) is 59.8 Å². The topological polar surface area (TPSA) is 72.8 Å². The second-order valence-corrected chi connectivity index (χ2v) is 14.4. The monoisotopic (exact) mass is 701 g/mol. The molecule has 0 spiro atoms. The number of pyridine rings is 1. The summed E-state index contributed by atoms with van der Waals surface area (Å²) in [7, 11) is 3.23. The number of hydrogen-bond acceptors (Lipinski definition) is 8. The van der Waals surface area contributed by atoms with Crippen molar-refractivity contribution < 1.29 is 27.4 Å². The number of aromatic nitrogens is 3. The number of alkyl halides is 3. The molecule has 2 fully saturated rings. The van der Waals surface area contributed by atoms with E-state index in [9.17, 15) is 13.2 Å². The van der Waals surface area contributed by atoms with Gasteiger partial charge in [-0.3, -0.25) is 4.90 Å². The molecule has 11 heteroatoms. The molecule has 51 heavy (non-hydrogen) atoms. The summed E-state index contributed by atoms with van der Waals surface area (Å²) in [4.78, 5) is 18.8. The Morgan fingerprint density at radius 3 is 2.06 bits per heavy atom. The maximum Gasteiger partial charge on any atom is 0.418 e. The lowest BCUT2D eigenvalue weighted by Crippen LogP contribution is -2.43. The molecule has 2 aromatic heterocycles. The molecular formula is C40H46F3N5O3. The van der Waals surface area contributed by atoms with Crippen molar-refractivity contribution in [2.24, 2.45) is 5.92 Å². The normalized spacial score (nSPS) is 19.7. The quantitative estimate of drug-likeness (QED) is 0.156. The first-order chi connectivity index (χ1) is 24.5. The summed E-state index contributed by atoms with van der Waals surface area (Å²) in [6.07, 6.45) is 2.64. The third-order valence-electron chi connectivity index (χ3n) is 11.1. The zero-order valence-electron chi connectivity index (χ0n) is 29.8. The first kappa shape index (κ1) is 35.0. The van der Waals surface area contributed by atoms with Gasteiger partial charge in [-0.05, 0) is 117 Å². The average Bonchev–Trinajstić information content (AvgIpc) is 3.71. The molecule has 0 N–H and O–H groups in total. The van der Waals surface area contributed by atoms with E-state index in [4.69, 9.17) is 24.2 Å². The Kier molecular flexibility index (Phi) is 9.84. The molecule has 0 bridgehead atoms. The molecule has 0 unspecified atom stereocenters. The summed E-state index contributed by atoms with van der Waals surface area (Å²) in [5.74, 6) is 1.34. The van der Waals surface area contributed by atoms with Crippen LogP contribution >= 0.6 is 0 Å². The number of ether oxygens (including phenoxy) is 3. The Morgan fingerprint density at radius 2 is 1.49 bits per heavy atom. The van der Waals surface area contributed by atoms with Gasteiger partial charge in [-0.25, -0.2) is 9.97 Å². The van der Waals surface area contributed by atoms with Gasteiger partial charge in [0.15, 0.2) is 0 Å². The minimum Gasteiger partial charge on any atom is -0.497 e. The molecule has 0 radical (unpaired) electrons. The highest BCUT2D eigenvalue weighted by Crippen LogP contribution is 2.44. The van der Waals surface area contributed by atoms with Gasteiger partial charge in [-0.1, -0.05) is 31.2 Å². The highest BCUT2D eigenvalue weighted by molar-refractivity contribution is 5.50. The van der Waals surface area contributed by atoms with Crippen LogP contribution in [-0.2, 0) is 32.1 Å². The molecule has 7 rings (SSSR count). The van der Waals surface area contributed by atoms with Gasteiger partial charge < -0.3 is 19.1 Å². The molecule has 3 aliphatic rings. The second kappa shape index (κ2) is 14.3. The summed E-state index contributed by atoms with van der Waals surface area (Å²) < 4.78 is 61.8. The van der Waals surface area contributed by atoms with Gasteiger partial charge in [0, 0.05) is 25.2 Å². The van der Waals surface area contributed by atoms with E-state index in [1.807, 2.05) is 60.4 Å². The first-order valence-corrected chi connectivity index (χ1v) is 17.9. The van der Waals surface area contributed by atoms with Crippen LogP contribution in [0.15, 0.2) is 60.8 Å². The van der Waals surface area contributed by atoms with Gasteiger partial charge in [0.2, 0.25) is 0 Å². The van der Waals surface area contributed by atoms with E-state index in [-0.39, 0.29) is 22.7 Å². The first-order valence-electron chi connectivity index (χ1n) is 17.9. The Morgan fingerprint density at radius 1 is 0.882 bits per heavy atom. The number of anilines is 1. The molecule has 1 aliphatic carbocycles. The van der Waals surface area contributed by atoms with Gasteiger partial charge in [0.05, 0.1) is 36.7 Å². The maximum atomic E-state index is 14.9. The molecule has 2 saturated heterocycles. The van der Waals surface area contributed by atoms with Crippen molar-refractivity contribution in [3.63, 3.8) is 0 Å². The van der Waals surface area contributed by atoms with Gasteiger partial charge >= 0.3 is 12.2 Å². The Labute approximate surface area is 298 Å². The van der Waals surface area contributed by atoms with E-state index in [2.05, 4.69) is 9.88 Å². The number of nitrogens with zero attached hydrogens (tertiary/aromatic N) is 5. The molecule has 2 aliphatic heterocycles. The highest BCUT2D eigenvalue weighted by Gasteiger charge is 2.45. The standard InChI is InChI=1S/C40H46F3N5O3/c1-26-19-30-22-44-38(51-25-39-15-5-17-48(39)18-6-16-39)45-34(30)21-33(26)37-36(40(41,42)43)27(2)20-35(46-37)47(23-28-7-11-31(49-3)12-8-28)24-29-9-13-32(50-4)14-10-29/h7-14,20,22,26,33H,5-6,15-19,21,23-25H2,1-4H3/t26-,33-/m1/s1. The number of rotatable bonds is 11. The molecule has 4 heterocycles. The van der Waals surface area contributed by atoms with Crippen LogP contribution in [0.5, 0.6) is 17.5 Å². The average molecular weight is 702 g/mol. The van der Waals surface area contributed by atoms with Crippen LogP contribution in [0.25, 0.3) is 0 Å². The fourth-order valence-electron chi connectivity index (χ4n) is 8.36. The van der Waals surface area contributed by atoms with Gasteiger partial charge in [0.25, 0.3) is 0 Å². The third-order valence-corrected chi connectivity index (χ3v) is 11.1. The Balaban J connectivity index is 1.22.